The molecule has 0 radical (unpaired) electrons. The molecule has 28 heavy (non-hydrogen) atoms. The summed E-state index contributed by atoms with van der Waals surface area (Å²) in [5, 5.41) is 2.16. The molecule has 140 valence electrons. The summed E-state index contributed by atoms with van der Waals surface area (Å²) in [6.07, 6.45) is 0. The van der Waals surface area contributed by atoms with Crippen LogP contribution in [0.5, 0.6) is 5.75 Å². The largest absolute Gasteiger partial charge is 0.497 e. The van der Waals surface area contributed by atoms with E-state index in [4.69, 9.17) is 4.74 Å². The number of fused-ring (bicyclic) bond motifs is 1. The van der Waals surface area contributed by atoms with E-state index in [1.807, 2.05) is 0 Å². The van der Waals surface area contributed by atoms with Crippen LogP contribution in [0, 0.1) is 0 Å². The second-order valence-corrected chi connectivity index (χ2v) is 7.33. The van der Waals surface area contributed by atoms with Crippen LogP contribution in [-0.2, 0) is 0 Å². The van der Waals surface area contributed by atoms with Crippen molar-refractivity contribution in [3.05, 3.63) is 73.7 Å². The van der Waals surface area contributed by atoms with Crippen molar-refractivity contribution in [2.45, 2.75) is 0 Å². The Bertz CT molecular complexity index is 1240. The average molecular weight is 457 g/mol. The molecule has 0 saturated heterocycles. The lowest BCUT2D eigenvalue weighted by Gasteiger charge is -2.14. The number of hydrogen-bond donors (Lipinski definition) is 1. The van der Waals surface area contributed by atoms with Crippen molar-refractivity contribution in [3.8, 4) is 17.3 Å². The van der Waals surface area contributed by atoms with Crippen molar-refractivity contribution in [2.24, 2.45) is 0 Å². The lowest BCUT2D eigenvalue weighted by atomic mass is 10.2. The number of thiazole rings is 1. The summed E-state index contributed by atoms with van der Waals surface area (Å²) in [5.41, 5.74) is 5.25. The van der Waals surface area contributed by atoms with Crippen LogP contribution in [0.1, 0.15) is 10.4 Å². The Morgan fingerprint density at radius 3 is 2.82 bits per heavy atom. The molecule has 2 heterocycles. The molecule has 0 spiro atoms. The summed E-state index contributed by atoms with van der Waals surface area (Å²) in [5.74, 6) is 0.302. The predicted octanol–water partition coefficient (Wildman–Crippen LogP) is 3.68. The average Bonchev–Trinajstić information content (AvgIpc) is 3.25. The molecule has 0 aliphatic heterocycles. The quantitative estimate of drug-likeness (QED) is 0.506. The van der Waals surface area contributed by atoms with Crippen LogP contribution in [-0.4, -0.2) is 27.7 Å². The fourth-order valence-corrected chi connectivity index (χ4v) is 3.66. The molecule has 4 rings (SSSR count). The number of carbonyl (C=O) groups excluding carboxylic acids is 1. The normalized spacial score (nSPS) is 10.8. The topological polar surface area (TPSA) is 86.1 Å². The van der Waals surface area contributed by atoms with Gasteiger partial charge in [-0.3, -0.25) is 15.0 Å². The van der Waals surface area contributed by atoms with Gasteiger partial charge in [-0.2, -0.15) is 4.68 Å². The van der Waals surface area contributed by atoms with E-state index in [2.05, 4.69) is 31.3 Å². The van der Waals surface area contributed by atoms with E-state index in [1.165, 1.54) is 18.4 Å². The molecule has 7 nitrogen and oxygen atoms in total. The second kappa shape index (κ2) is 7.53. The third-order valence-corrected chi connectivity index (χ3v) is 5.35. The van der Waals surface area contributed by atoms with E-state index in [1.54, 1.807) is 53.4 Å². The number of methoxy groups -OCH3 is 1. The number of hydrogen-bond acceptors (Lipinski definition) is 6. The Labute approximate surface area is 171 Å². The first-order valence-electron chi connectivity index (χ1n) is 8.13. The molecule has 4 aromatic rings. The maximum Gasteiger partial charge on any atom is 0.280 e. The number of nitrogens with one attached hydrogen (secondary N) is 1. The predicted molar refractivity (Wildman–Crippen MR) is 111 cm³/mol. The van der Waals surface area contributed by atoms with Gasteiger partial charge in [0, 0.05) is 9.85 Å². The van der Waals surface area contributed by atoms with Gasteiger partial charge in [0.2, 0.25) is 0 Å². The molecular formula is C19H13BrN4O3S. The van der Waals surface area contributed by atoms with Crippen LogP contribution in [0.4, 0.5) is 0 Å². The van der Waals surface area contributed by atoms with Crippen LogP contribution in [0.2, 0.25) is 0 Å². The van der Waals surface area contributed by atoms with Gasteiger partial charge in [0.25, 0.3) is 11.5 Å². The van der Waals surface area contributed by atoms with Gasteiger partial charge in [-0.15, -0.1) is 11.3 Å². The fourth-order valence-electron chi connectivity index (χ4n) is 2.70. The lowest BCUT2D eigenvalue weighted by molar-refractivity contribution is 0.101. The highest BCUT2D eigenvalue weighted by molar-refractivity contribution is 9.10. The molecule has 0 aliphatic rings. The molecule has 0 atom stereocenters. The minimum absolute atomic E-state index is 0.261. The van der Waals surface area contributed by atoms with Gasteiger partial charge in [-0.05, 0) is 46.3 Å². The van der Waals surface area contributed by atoms with Gasteiger partial charge >= 0.3 is 0 Å². The third-order valence-electron chi connectivity index (χ3n) is 4.07. The smallest absolute Gasteiger partial charge is 0.280 e. The first kappa shape index (κ1) is 18.3. The Morgan fingerprint density at radius 1 is 1.25 bits per heavy atom. The fraction of sp³-hybridized carbons (Fsp3) is 0.0526. The highest BCUT2D eigenvalue weighted by atomic mass is 79.9. The first-order chi connectivity index (χ1) is 13.6. The van der Waals surface area contributed by atoms with Gasteiger partial charge in [-0.1, -0.05) is 12.1 Å². The van der Waals surface area contributed by atoms with Crippen molar-refractivity contribution in [2.75, 3.05) is 12.5 Å². The van der Waals surface area contributed by atoms with Crippen molar-refractivity contribution in [3.63, 3.8) is 0 Å². The molecule has 0 saturated carbocycles. The van der Waals surface area contributed by atoms with E-state index in [-0.39, 0.29) is 11.4 Å². The Kier molecular flexibility index (Phi) is 4.93. The van der Waals surface area contributed by atoms with Crippen molar-refractivity contribution < 1.29 is 9.53 Å². The molecule has 2 aromatic heterocycles. The van der Waals surface area contributed by atoms with Gasteiger partial charge in [0.05, 0.1) is 29.1 Å². The molecule has 0 unspecified atom stereocenters. The molecule has 2 aromatic carbocycles. The molecule has 9 heteroatoms. The van der Waals surface area contributed by atoms with Gasteiger partial charge in [0.1, 0.15) is 11.4 Å². The van der Waals surface area contributed by atoms with Crippen molar-refractivity contribution >= 4 is 44.1 Å². The zero-order valence-corrected chi connectivity index (χ0v) is 17.0. The number of aromatic nitrogens is 3. The highest BCUT2D eigenvalue weighted by Crippen LogP contribution is 2.23. The molecule has 0 aliphatic carbocycles. The van der Waals surface area contributed by atoms with Crippen LogP contribution in [0.3, 0.4) is 0 Å². The van der Waals surface area contributed by atoms with Crippen molar-refractivity contribution in [1.29, 1.82) is 0 Å². The molecule has 1 N–H and O–H groups in total. The lowest BCUT2D eigenvalue weighted by Crippen LogP contribution is -2.35. The number of ether oxygens (including phenoxy) is 1. The SMILES string of the molecule is COc1ccc(Br)c(C(=O)Nn2c(-c3cscn3)nc3ccccc3c2=O)c1. The number of para-hydroxylation sites is 1. The summed E-state index contributed by atoms with van der Waals surface area (Å²) in [4.78, 5) is 34.8. The summed E-state index contributed by atoms with van der Waals surface area (Å²) < 4.78 is 6.89. The first-order valence-corrected chi connectivity index (χ1v) is 9.87. The second-order valence-electron chi connectivity index (χ2n) is 5.75. The maximum atomic E-state index is 13.1. The number of rotatable bonds is 4. The summed E-state index contributed by atoms with van der Waals surface area (Å²) in [6, 6.07) is 12.0. The van der Waals surface area contributed by atoms with E-state index < -0.39 is 5.91 Å². The minimum atomic E-state index is -0.485. The van der Waals surface area contributed by atoms with Crippen LogP contribution < -0.4 is 15.7 Å². The summed E-state index contributed by atoms with van der Waals surface area (Å²) in [7, 11) is 1.52. The number of benzene rings is 2. The summed E-state index contributed by atoms with van der Waals surface area (Å²) in [6.45, 7) is 0. The standard InChI is InChI=1S/C19H13BrN4O3S/c1-27-11-6-7-14(20)13(8-11)18(25)23-24-17(16-9-28-10-21-16)22-15-5-3-2-4-12(15)19(24)26/h2-10H,1H3,(H,23,25). The number of carbonyl (C=O) groups is 1. The number of amides is 1. The van der Waals surface area contributed by atoms with Gasteiger partial charge < -0.3 is 4.74 Å². The zero-order chi connectivity index (χ0) is 19.7. The maximum absolute atomic E-state index is 13.1. The minimum Gasteiger partial charge on any atom is -0.497 e. The Morgan fingerprint density at radius 2 is 2.07 bits per heavy atom. The Hall–Kier alpha value is -3.04. The van der Waals surface area contributed by atoms with Gasteiger partial charge in [0.15, 0.2) is 5.82 Å². The number of nitrogens with zero attached hydrogens (tertiary/aromatic N) is 3. The monoisotopic (exact) mass is 456 g/mol. The highest BCUT2D eigenvalue weighted by Gasteiger charge is 2.18. The van der Waals surface area contributed by atoms with Crippen molar-refractivity contribution in [1.82, 2.24) is 14.6 Å². The molecule has 0 bridgehead atoms. The van der Waals surface area contributed by atoms with Crippen LogP contribution >= 0.6 is 27.3 Å². The zero-order valence-electron chi connectivity index (χ0n) is 14.5. The van der Waals surface area contributed by atoms with E-state index >= 15 is 0 Å². The van der Waals surface area contributed by atoms with Crippen LogP contribution in [0.25, 0.3) is 22.4 Å². The summed E-state index contributed by atoms with van der Waals surface area (Å²) >= 11 is 4.73. The third kappa shape index (κ3) is 3.30. The van der Waals surface area contributed by atoms with E-state index in [0.717, 1.165) is 4.68 Å². The Balaban J connectivity index is 1.86. The van der Waals surface area contributed by atoms with E-state index in [0.29, 0.717) is 32.4 Å². The molecule has 0 fully saturated rings. The molecular weight excluding hydrogens is 444 g/mol. The van der Waals surface area contributed by atoms with Gasteiger partial charge in [-0.25, -0.2) is 9.97 Å². The van der Waals surface area contributed by atoms with E-state index in [9.17, 15) is 9.59 Å². The molecule has 1 amide bonds. The number of halogens is 1. The van der Waals surface area contributed by atoms with Crippen LogP contribution in [0.15, 0.2) is 62.6 Å².